The summed E-state index contributed by atoms with van der Waals surface area (Å²) < 4.78 is 53.4. The SMILES string of the molecule is CC(C)(C)[Si](C)(C)O[C@@H]1CO[C@H]2[C@@H]1OC[C@H]2Oc1nc2cc(Cl)c(CC3CCc4cc(Br)cnc43)nc2n1C1CCCCO1.O[C@@H]1CO[C@H]2[C@@H]1OC[C@H]2Oc1nc2nc(CC3CCc4cc(Br)cnc43)c(Cl)cc2[nH]1. The van der Waals surface area contributed by atoms with Gasteiger partial charge in [0.2, 0.25) is 0 Å². The van der Waals surface area contributed by atoms with Crippen molar-refractivity contribution in [2.45, 2.75) is 164 Å². The lowest BCUT2D eigenvalue weighted by atomic mass is 10.00. The molecule has 0 amide bonds. The Kier molecular flexibility index (Phi) is 14.7. The molecule has 17 nitrogen and oxygen atoms in total. The van der Waals surface area contributed by atoms with Crippen LogP contribution in [0.1, 0.15) is 105 Å². The summed E-state index contributed by atoms with van der Waals surface area (Å²) >= 11 is 20.5. The number of rotatable bonds is 11. The second-order valence-corrected chi connectivity index (χ2v) is 29.8. The van der Waals surface area contributed by atoms with Crippen molar-refractivity contribution < 1.29 is 42.7 Å². The minimum atomic E-state index is -1.99. The number of H-pyrrole nitrogens is 1. The first-order valence-corrected chi connectivity index (χ1v) is 31.5. The standard InChI is InChI=1S/C32H42BrClN4O5Si.C21H20BrClN4O4/c1-32(2,3)44(4,5)43-25-17-41-28-24(16-40-29(25)28)42-31-37-23-14-21(34)22(36-30(23)38(31)26-8-6-7-11-39-26)13-19-10-9-18-12-20(33)15-35-27(18)19;22-11-3-9-1-2-10(17(9)24-6-11)4-13-12(23)5-14-20(25-13)27-21(26-14)31-16-8-30-18-15(28)7-29-19(16)18/h12,14-15,19,24-26,28-29H,6-11,13,16-17H2,1-5H3;3,5-6,10,15-16,18-19,28H,1-2,4,7-8H2,(H,25,26,27)/t19?,24-,25-,26?,28-,29-;10?,15-,16-,18-,19-/m11/s1. The Balaban J connectivity index is 0.000000161. The van der Waals surface area contributed by atoms with E-state index in [0.717, 1.165) is 82.3 Å². The number of aliphatic hydroxyl groups is 1. The molecule has 22 heteroatoms. The van der Waals surface area contributed by atoms with Gasteiger partial charge in [-0.05, 0) is 143 Å². The van der Waals surface area contributed by atoms with Gasteiger partial charge in [0, 0.05) is 51.2 Å². The van der Waals surface area contributed by atoms with Gasteiger partial charge in [0.15, 0.2) is 31.8 Å². The molecule has 11 atom stereocenters. The predicted molar refractivity (Wildman–Crippen MR) is 290 cm³/mol. The number of nitrogens with one attached hydrogen (secondary N) is 1. The van der Waals surface area contributed by atoms with Gasteiger partial charge in [0.05, 0.1) is 59.5 Å². The van der Waals surface area contributed by atoms with Crippen molar-refractivity contribution in [3.8, 4) is 12.0 Å². The van der Waals surface area contributed by atoms with Crippen molar-refractivity contribution in [1.29, 1.82) is 0 Å². The third-order valence-electron chi connectivity index (χ3n) is 16.4. The van der Waals surface area contributed by atoms with Gasteiger partial charge in [-0.25, -0.2) is 9.97 Å². The highest BCUT2D eigenvalue weighted by atomic mass is 79.9. The number of aromatic nitrogens is 8. The number of pyridine rings is 4. The second-order valence-electron chi connectivity index (χ2n) is 22.4. The van der Waals surface area contributed by atoms with E-state index in [9.17, 15) is 5.11 Å². The van der Waals surface area contributed by atoms with Gasteiger partial charge in [-0.3, -0.25) is 14.5 Å². The number of fused-ring (bicyclic) bond motifs is 6. The van der Waals surface area contributed by atoms with Crippen LogP contribution in [0.4, 0.5) is 0 Å². The number of ether oxygens (including phenoxy) is 7. The normalized spacial score (nSPS) is 29.1. The molecule has 0 bridgehead atoms. The molecule has 13 rings (SSSR count). The molecular weight excluding hydrogens is 1150 g/mol. The van der Waals surface area contributed by atoms with Crippen LogP contribution in [0.2, 0.25) is 28.2 Å². The third-order valence-corrected chi connectivity index (χ3v) is 22.4. The van der Waals surface area contributed by atoms with Crippen LogP contribution in [-0.4, -0.2) is 135 Å². The number of nitrogens with zero attached hydrogens (tertiary/aromatic N) is 7. The van der Waals surface area contributed by atoms with Crippen molar-refractivity contribution in [3.63, 3.8) is 0 Å². The third kappa shape index (κ3) is 10.4. The zero-order valence-electron chi connectivity index (χ0n) is 42.6. The summed E-state index contributed by atoms with van der Waals surface area (Å²) in [5.41, 5.74) is 9.18. The highest BCUT2D eigenvalue weighted by molar-refractivity contribution is 9.10. The molecule has 3 unspecified atom stereocenters. The van der Waals surface area contributed by atoms with Crippen LogP contribution in [0.25, 0.3) is 22.3 Å². The number of hydrogen-bond donors (Lipinski definition) is 2. The predicted octanol–water partition coefficient (Wildman–Crippen LogP) is 10.1. The van der Waals surface area contributed by atoms with Crippen molar-refractivity contribution in [1.82, 2.24) is 39.5 Å². The fourth-order valence-corrected chi connectivity index (χ4v) is 14.0. The Morgan fingerprint density at radius 3 is 1.99 bits per heavy atom. The molecule has 0 spiro atoms. The summed E-state index contributed by atoms with van der Waals surface area (Å²) in [6.45, 7) is 13.5. The average Bonchev–Trinajstić information content (AvgIpc) is 4.27. The molecule has 2 aliphatic carbocycles. The van der Waals surface area contributed by atoms with Crippen LogP contribution in [0.3, 0.4) is 0 Å². The second kappa shape index (κ2) is 21.0. The summed E-state index contributed by atoms with van der Waals surface area (Å²) in [6.07, 6.45) is 9.56. The van der Waals surface area contributed by atoms with E-state index in [1.165, 1.54) is 11.1 Å². The van der Waals surface area contributed by atoms with Crippen LogP contribution in [0, 0.1) is 0 Å². The van der Waals surface area contributed by atoms with Gasteiger partial charge in [-0.2, -0.15) is 9.97 Å². The zero-order valence-corrected chi connectivity index (χ0v) is 48.3. The van der Waals surface area contributed by atoms with Gasteiger partial charge >= 0.3 is 6.01 Å². The number of imidazole rings is 2. The summed E-state index contributed by atoms with van der Waals surface area (Å²) in [5, 5.41) is 11.2. The molecule has 2 N–H and O–H groups in total. The molecule has 0 aromatic carbocycles. The average molecular weight is 1210 g/mol. The van der Waals surface area contributed by atoms with Crippen LogP contribution < -0.4 is 9.47 Å². The van der Waals surface area contributed by atoms with Crippen LogP contribution in [-0.2, 0) is 53.8 Å². The molecule has 0 saturated carbocycles. The van der Waals surface area contributed by atoms with Gasteiger partial charge < -0.3 is 47.7 Å². The number of aryl methyl sites for hydroxylation is 2. The number of aromatic amines is 1. The molecular formula is C53H62Br2Cl2N8O9Si. The van der Waals surface area contributed by atoms with Crippen molar-refractivity contribution in [2.24, 2.45) is 0 Å². The van der Waals surface area contributed by atoms with E-state index in [1.807, 2.05) is 29.1 Å². The van der Waals surface area contributed by atoms with Gasteiger partial charge in [-0.15, -0.1) is 0 Å². The van der Waals surface area contributed by atoms with E-state index in [4.69, 9.17) is 80.7 Å². The van der Waals surface area contributed by atoms with Gasteiger partial charge in [0.1, 0.15) is 42.3 Å². The van der Waals surface area contributed by atoms with E-state index in [1.54, 1.807) is 0 Å². The lowest BCUT2D eigenvalue weighted by Crippen LogP contribution is -2.47. The Bertz CT molecular complexity index is 3100. The Labute approximate surface area is 463 Å². The minimum absolute atomic E-state index is 0.102. The fraction of sp³-hybridized carbons (Fsp3) is 0.585. The molecule has 400 valence electrons. The summed E-state index contributed by atoms with van der Waals surface area (Å²) in [4.78, 5) is 31.7. The molecule has 5 aliphatic heterocycles. The summed E-state index contributed by atoms with van der Waals surface area (Å²) in [7, 11) is -1.99. The maximum atomic E-state index is 9.89. The topological polar surface area (TPSA) is 192 Å². The molecule has 5 saturated heterocycles. The number of halogens is 4. The van der Waals surface area contributed by atoms with E-state index < -0.39 is 14.4 Å². The monoisotopic (exact) mass is 1210 g/mol. The summed E-state index contributed by atoms with van der Waals surface area (Å²) in [5.74, 6) is 0.561. The summed E-state index contributed by atoms with van der Waals surface area (Å²) in [6, 6.07) is 8.88. The van der Waals surface area contributed by atoms with Gasteiger partial charge in [0.25, 0.3) is 6.01 Å². The molecule has 7 aliphatic rings. The molecule has 6 aromatic rings. The highest BCUT2D eigenvalue weighted by Gasteiger charge is 2.53. The van der Waals surface area contributed by atoms with E-state index in [2.05, 4.69) is 92.8 Å². The lowest BCUT2D eigenvalue weighted by molar-refractivity contribution is -0.0406. The van der Waals surface area contributed by atoms with Gasteiger partial charge in [-0.1, -0.05) is 44.0 Å². The Morgan fingerprint density at radius 2 is 1.32 bits per heavy atom. The smallest absolute Gasteiger partial charge is 0.301 e. The molecule has 6 aromatic heterocycles. The maximum absolute atomic E-state index is 9.89. The van der Waals surface area contributed by atoms with Crippen LogP contribution in [0.15, 0.2) is 45.6 Å². The van der Waals surface area contributed by atoms with Crippen molar-refractivity contribution in [3.05, 3.63) is 89.6 Å². The van der Waals surface area contributed by atoms with Crippen LogP contribution in [0.5, 0.6) is 12.0 Å². The highest BCUT2D eigenvalue weighted by Crippen LogP contribution is 2.43. The van der Waals surface area contributed by atoms with Crippen LogP contribution >= 0.6 is 55.1 Å². The Morgan fingerprint density at radius 1 is 0.720 bits per heavy atom. The molecule has 5 fully saturated rings. The zero-order chi connectivity index (χ0) is 51.9. The first-order chi connectivity index (χ1) is 36.0. The molecule has 0 radical (unpaired) electrons. The van der Waals surface area contributed by atoms with E-state index >= 15 is 0 Å². The molecule has 11 heterocycles. The van der Waals surface area contributed by atoms with E-state index in [0.29, 0.717) is 83.9 Å². The number of hydrogen-bond acceptors (Lipinski definition) is 15. The number of aliphatic hydroxyl groups excluding tert-OH is 1. The lowest BCUT2D eigenvalue weighted by Gasteiger charge is -2.39. The minimum Gasteiger partial charge on any atom is -0.456 e. The quantitative estimate of drug-likeness (QED) is 0.116. The maximum Gasteiger partial charge on any atom is 0.301 e. The van der Waals surface area contributed by atoms with Crippen molar-refractivity contribution in [2.75, 3.05) is 33.0 Å². The first kappa shape index (κ1) is 52.3. The fourth-order valence-electron chi connectivity index (χ4n) is 11.5. The van der Waals surface area contributed by atoms with E-state index in [-0.39, 0.29) is 66.5 Å². The molecule has 75 heavy (non-hydrogen) atoms. The Hall–Kier alpha value is -3.38. The van der Waals surface area contributed by atoms with Crippen molar-refractivity contribution >= 4 is 85.7 Å². The largest absolute Gasteiger partial charge is 0.456 e. The first-order valence-electron chi connectivity index (χ1n) is 26.2.